The normalized spacial score (nSPS) is 24.3. The lowest BCUT2D eigenvalue weighted by Crippen LogP contribution is -2.50. The summed E-state index contributed by atoms with van der Waals surface area (Å²) in [5, 5.41) is 6.45. The second-order valence-corrected chi connectivity index (χ2v) is 13.9. The molecule has 0 spiro atoms. The highest BCUT2D eigenvalue weighted by molar-refractivity contribution is 7.99. The Kier molecular flexibility index (Phi) is 13.4. The number of hydrogen-bond donors (Lipinski definition) is 2. The maximum absolute atomic E-state index is 13.2. The predicted octanol–water partition coefficient (Wildman–Crippen LogP) is 5.90. The molecule has 2 aliphatic rings. The number of hydrogen-bond acceptors (Lipinski definition) is 6. The van der Waals surface area contributed by atoms with E-state index in [9.17, 15) is 19.2 Å². The number of benzene rings is 1. The van der Waals surface area contributed by atoms with Crippen molar-refractivity contribution >= 4 is 36.1 Å². The molecule has 41 heavy (non-hydrogen) atoms. The molecule has 0 radical (unpaired) electrons. The van der Waals surface area contributed by atoms with Crippen LogP contribution < -0.4 is 10.6 Å². The van der Waals surface area contributed by atoms with Crippen molar-refractivity contribution in [2.24, 2.45) is 17.8 Å². The van der Waals surface area contributed by atoms with Gasteiger partial charge in [-0.3, -0.25) is 14.4 Å². The molecule has 2 saturated carbocycles. The zero-order chi connectivity index (χ0) is 29.8. The lowest BCUT2D eigenvalue weighted by atomic mass is 9.62. The minimum atomic E-state index is -0.736. The molecule has 0 heterocycles. The third kappa shape index (κ3) is 10.2. The van der Waals surface area contributed by atoms with Gasteiger partial charge in [-0.15, -0.1) is 11.8 Å². The van der Waals surface area contributed by atoms with E-state index >= 15 is 0 Å². The molecular weight excluding hydrogens is 534 g/mol. The van der Waals surface area contributed by atoms with E-state index in [2.05, 4.69) is 24.5 Å². The van der Waals surface area contributed by atoms with Gasteiger partial charge in [0.05, 0.1) is 11.6 Å². The lowest BCUT2D eigenvalue weighted by Gasteiger charge is -2.47. The van der Waals surface area contributed by atoms with Crippen LogP contribution in [0.5, 0.6) is 0 Å². The Morgan fingerprint density at radius 2 is 1.76 bits per heavy atom. The van der Waals surface area contributed by atoms with Gasteiger partial charge in [-0.2, -0.15) is 0 Å². The summed E-state index contributed by atoms with van der Waals surface area (Å²) in [6.07, 6.45) is 14.7. The van der Waals surface area contributed by atoms with Crippen LogP contribution in [0.25, 0.3) is 0 Å². The molecule has 2 amide bonds. The zero-order valence-corrected chi connectivity index (χ0v) is 26.4. The van der Waals surface area contributed by atoms with Crippen molar-refractivity contribution in [3.63, 3.8) is 0 Å². The summed E-state index contributed by atoms with van der Waals surface area (Å²) < 4.78 is 0. The van der Waals surface area contributed by atoms with E-state index in [0.717, 1.165) is 41.4 Å². The second kappa shape index (κ2) is 16.4. The summed E-state index contributed by atoms with van der Waals surface area (Å²) in [7, 11) is 3.07. The van der Waals surface area contributed by atoms with Crippen molar-refractivity contribution in [1.82, 2.24) is 15.5 Å². The molecule has 2 N–H and O–H groups in total. The molecule has 2 aliphatic carbocycles. The minimum absolute atomic E-state index is 0.143. The summed E-state index contributed by atoms with van der Waals surface area (Å²) in [6, 6.07) is 4.56. The van der Waals surface area contributed by atoms with Crippen molar-refractivity contribution in [2.75, 3.05) is 26.4 Å². The molecule has 8 heteroatoms. The summed E-state index contributed by atoms with van der Waals surface area (Å²) in [6.45, 7) is 6.00. The number of unbranched alkanes of at least 4 members (excludes halogenated alkanes) is 4. The first-order chi connectivity index (χ1) is 19.7. The fourth-order valence-electron chi connectivity index (χ4n) is 7.08. The van der Waals surface area contributed by atoms with Gasteiger partial charge in [0.15, 0.2) is 6.29 Å². The predicted molar refractivity (Wildman–Crippen MR) is 167 cm³/mol. The Morgan fingerprint density at radius 3 is 2.41 bits per heavy atom. The van der Waals surface area contributed by atoms with Gasteiger partial charge in [-0.25, -0.2) is 0 Å². The summed E-state index contributed by atoms with van der Waals surface area (Å²) in [5.74, 6) is 3.13. The van der Waals surface area contributed by atoms with Gasteiger partial charge in [0.1, 0.15) is 6.29 Å². The van der Waals surface area contributed by atoms with Crippen molar-refractivity contribution < 1.29 is 19.2 Å². The number of carbonyl (C=O) groups excluding carboxylic acids is 4. The lowest BCUT2D eigenvalue weighted by molar-refractivity contribution is -0.121. The number of rotatable bonds is 17. The fraction of sp³-hybridized carbons (Fsp3) is 0.697. The molecule has 2 fully saturated rings. The molecule has 0 aliphatic heterocycles. The number of nitrogens with zero attached hydrogens (tertiary/aromatic N) is 1. The first kappa shape index (κ1) is 33.3. The maximum Gasteiger partial charge on any atom is 0.254 e. The van der Waals surface area contributed by atoms with Crippen LogP contribution in [0.3, 0.4) is 0 Å². The van der Waals surface area contributed by atoms with Gasteiger partial charge in [0.25, 0.3) is 5.91 Å². The number of thioether (sulfide) groups is 1. The summed E-state index contributed by atoms with van der Waals surface area (Å²) >= 11 is 1.69. The third-order valence-corrected chi connectivity index (χ3v) is 10.1. The van der Waals surface area contributed by atoms with Crippen LogP contribution in [0.2, 0.25) is 0 Å². The van der Waals surface area contributed by atoms with Crippen LogP contribution in [-0.2, 0) is 9.59 Å². The number of fused-ring (bicyclic) bond motifs is 2. The molecule has 0 saturated heterocycles. The fourth-order valence-corrected chi connectivity index (χ4v) is 8.03. The Balaban J connectivity index is 1.36. The average molecular weight is 586 g/mol. The first-order valence-electron chi connectivity index (χ1n) is 15.6. The van der Waals surface area contributed by atoms with Crippen LogP contribution in [0.1, 0.15) is 112 Å². The largest absolute Gasteiger partial charge is 0.359 e. The van der Waals surface area contributed by atoms with E-state index in [1.165, 1.54) is 76.8 Å². The van der Waals surface area contributed by atoms with Crippen LogP contribution >= 0.6 is 11.8 Å². The zero-order valence-electron chi connectivity index (χ0n) is 25.6. The number of aldehydes is 2. The Hall–Kier alpha value is -2.19. The molecule has 7 nitrogen and oxygen atoms in total. The van der Waals surface area contributed by atoms with Gasteiger partial charge in [-0.1, -0.05) is 26.2 Å². The van der Waals surface area contributed by atoms with E-state index < -0.39 is 11.9 Å². The van der Waals surface area contributed by atoms with Crippen LogP contribution in [-0.4, -0.2) is 67.3 Å². The number of likely N-dealkylation sites (N-methyl/N-ethyl adjacent to an activating group) is 1. The summed E-state index contributed by atoms with van der Waals surface area (Å²) in [5.41, 5.74) is 0.922. The van der Waals surface area contributed by atoms with Gasteiger partial charge in [-0.05, 0) is 107 Å². The molecule has 3 unspecified atom stereocenters. The number of carbonyl (C=O) groups is 4. The molecule has 3 atom stereocenters. The number of amides is 2. The standard InChI is InChI=1S/C33H51N3O4S/c1-24-16-25-18-26(17-24)21-33(2,20-25)35-14-8-6-5-7-9-15-41-29-12-10-27(22-37)30(19-29)32(40)36(4)28(23-38)11-13-31(39)34-3/h10,12,19,22-26,28,35H,5-9,11,13-18,20-21H2,1-4H3,(H,34,39). The van der Waals surface area contributed by atoms with Crippen LogP contribution in [0, 0.1) is 17.8 Å². The minimum Gasteiger partial charge on any atom is -0.359 e. The van der Waals surface area contributed by atoms with Crippen LogP contribution in [0.4, 0.5) is 0 Å². The highest BCUT2D eigenvalue weighted by Crippen LogP contribution is 2.46. The SMILES string of the molecule is CNC(=O)CCC(C=O)N(C)C(=O)c1cc(SCCCCCCCNC2(C)CC3CC(C)CC(C3)C2)ccc1C=O. The Morgan fingerprint density at radius 1 is 1.07 bits per heavy atom. The van der Waals surface area contributed by atoms with Crippen molar-refractivity contribution in [1.29, 1.82) is 0 Å². The van der Waals surface area contributed by atoms with Crippen molar-refractivity contribution in [3.05, 3.63) is 29.3 Å². The molecule has 2 bridgehead atoms. The van der Waals surface area contributed by atoms with E-state index in [0.29, 0.717) is 23.7 Å². The summed E-state index contributed by atoms with van der Waals surface area (Å²) in [4.78, 5) is 50.3. The molecule has 3 rings (SSSR count). The second-order valence-electron chi connectivity index (χ2n) is 12.8. The Labute approximate surface area is 251 Å². The van der Waals surface area contributed by atoms with Gasteiger partial charge < -0.3 is 20.3 Å². The Bertz CT molecular complexity index is 1010. The molecule has 0 aromatic heterocycles. The average Bonchev–Trinajstić information content (AvgIpc) is 2.94. The topological polar surface area (TPSA) is 95.6 Å². The van der Waals surface area contributed by atoms with Crippen molar-refractivity contribution in [2.45, 2.75) is 107 Å². The van der Waals surface area contributed by atoms with E-state index in [1.54, 1.807) is 23.9 Å². The van der Waals surface area contributed by atoms with E-state index in [4.69, 9.17) is 0 Å². The monoisotopic (exact) mass is 585 g/mol. The van der Waals surface area contributed by atoms with E-state index in [-0.39, 0.29) is 24.3 Å². The highest BCUT2D eigenvalue weighted by Gasteiger charge is 2.40. The van der Waals surface area contributed by atoms with Gasteiger partial charge >= 0.3 is 0 Å². The van der Waals surface area contributed by atoms with Gasteiger partial charge in [0, 0.05) is 36.5 Å². The molecular formula is C33H51N3O4S. The number of nitrogens with one attached hydrogen (secondary N) is 2. The van der Waals surface area contributed by atoms with Gasteiger partial charge in [0.2, 0.25) is 5.91 Å². The first-order valence-corrected chi connectivity index (χ1v) is 16.6. The smallest absolute Gasteiger partial charge is 0.254 e. The van der Waals surface area contributed by atoms with Crippen LogP contribution in [0.15, 0.2) is 23.1 Å². The van der Waals surface area contributed by atoms with E-state index in [1.807, 2.05) is 6.07 Å². The molecule has 228 valence electrons. The highest BCUT2D eigenvalue weighted by atomic mass is 32.2. The quantitative estimate of drug-likeness (QED) is 0.134. The van der Waals surface area contributed by atoms with Crippen molar-refractivity contribution in [3.8, 4) is 0 Å². The third-order valence-electron chi connectivity index (χ3n) is 9.06. The molecule has 1 aromatic carbocycles. The maximum atomic E-state index is 13.2. The molecule has 1 aromatic rings.